The molecule has 0 unspecified atom stereocenters. The number of carbonyl (C=O) groups is 3. The van der Waals surface area contributed by atoms with Gasteiger partial charge in [0.15, 0.2) is 40.2 Å². The van der Waals surface area contributed by atoms with Crippen LogP contribution in [0.4, 0.5) is 0 Å². The molecule has 0 aliphatic carbocycles. The zero-order valence-corrected chi connectivity index (χ0v) is 18.5. The number of aromatic hydroxyl groups is 3. The van der Waals surface area contributed by atoms with E-state index < -0.39 is 53.3 Å². The molecule has 0 fully saturated rings. The standard InChI is InChI=1S/C24H24O11/c1-35-19-11-15(3-7-17(19)28)5-9-21(31)24(34,22(32)12-25)23(33,13-26)20(30)8-4-14-2-6-16(27)18(29)10-14/h2-11,25-29,33-34H,12-13H2,1H3/t23-,24-/m0/s1. The number of benzene rings is 2. The second kappa shape index (κ2) is 10.9. The summed E-state index contributed by atoms with van der Waals surface area (Å²) in [6.07, 6.45) is 3.39. The third kappa shape index (κ3) is 5.39. The second-order valence-corrected chi connectivity index (χ2v) is 7.38. The van der Waals surface area contributed by atoms with Crippen molar-refractivity contribution in [1.29, 1.82) is 0 Å². The first-order valence-corrected chi connectivity index (χ1v) is 9.98. The number of phenols is 3. The fraction of sp³-hybridized carbons (Fsp3) is 0.208. The van der Waals surface area contributed by atoms with Crippen molar-refractivity contribution >= 4 is 29.5 Å². The largest absolute Gasteiger partial charge is 0.504 e. The molecule has 2 aromatic rings. The number of Topliss-reactive ketones (excluding diaryl/α,β-unsaturated/α-hetero) is 1. The molecule has 186 valence electrons. The summed E-state index contributed by atoms with van der Waals surface area (Å²) in [5.41, 5.74) is -6.56. The molecule has 0 amide bonds. The molecule has 0 bridgehead atoms. The van der Waals surface area contributed by atoms with Gasteiger partial charge in [-0.25, -0.2) is 0 Å². The van der Waals surface area contributed by atoms with Gasteiger partial charge >= 0.3 is 0 Å². The first-order chi connectivity index (χ1) is 16.4. The lowest BCUT2D eigenvalue weighted by Crippen LogP contribution is -2.69. The molecule has 0 saturated carbocycles. The van der Waals surface area contributed by atoms with Gasteiger partial charge in [0, 0.05) is 0 Å². The molecule has 0 heterocycles. The van der Waals surface area contributed by atoms with Crippen LogP contribution in [0.2, 0.25) is 0 Å². The van der Waals surface area contributed by atoms with Crippen molar-refractivity contribution in [3.8, 4) is 23.0 Å². The molecular weight excluding hydrogens is 464 g/mol. The van der Waals surface area contributed by atoms with E-state index in [-0.39, 0.29) is 22.6 Å². The van der Waals surface area contributed by atoms with E-state index in [1.165, 1.54) is 31.4 Å². The summed E-state index contributed by atoms with van der Waals surface area (Å²) in [6.45, 7) is -3.03. The van der Waals surface area contributed by atoms with Gasteiger partial charge in [0.05, 0.1) is 13.7 Å². The van der Waals surface area contributed by atoms with Crippen LogP contribution in [0, 0.1) is 0 Å². The highest BCUT2D eigenvalue weighted by Gasteiger charge is 2.62. The number of aliphatic hydroxyl groups is 4. The average molecular weight is 488 g/mol. The molecule has 2 rings (SSSR count). The summed E-state index contributed by atoms with van der Waals surface area (Å²) >= 11 is 0. The summed E-state index contributed by atoms with van der Waals surface area (Å²) in [7, 11) is 1.28. The predicted molar refractivity (Wildman–Crippen MR) is 122 cm³/mol. The molecule has 0 saturated heterocycles. The van der Waals surface area contributed by atoms with Gasteiger partial charge < -0.3 is 40.5 Å². The average Bonchev–Trinajstić information content (AvgIpc) is 2.86. The molecule has 11 nitrogen and oxygen atoms in total. The van der Waals surface area contributed by atoms with Gasteiger partial charge in [-0.3, -0.25) is 14.4 Å². The van der Waals surface area contributed by atoms with Gasteiger partial charge in [0.2, 0.25) is 11.4 Å². The first-order valence-electron chi connectivity index (χ1n) is 9.98. The van der Waals surface area contributed by atoms with Gasteiger partial charge in [-0.2, -0.15) is 0 Å². The fourth-order valence-corrected chi connectivity index (χ4v) is 3.10. The second-order valence-electron chi connectivity index (χ2n) is 7.38. The lowest BCUT2D eigenvalue weighted by Gasteiger charge is -2.37. The number of phenolic OH excluding ortho intramolecular Hbond substituents is 3. The Kier molecular flexibility index (Phi) is 8.50. The molecule has 0 aliphatic heterocycles. The van der Waals surface area contributed by atoms with Crippen LogP contribution in [0.15, 0.2) is 48.6 Å². The molecular formula is C24H24O11. The van der Waals surface area contributed by atoms with Crippen LogP contribution in [0.1, 0.15) is 11.1 Å². The Bertz CT molecular complexity index is 1180. The Morgan fingerprint density at radius 2 is 1.37 bits per heavy atom. The summed E-state index contributed by atoms with van der Waals surface area (Å²) in [5, 5.41) is 69.4. The van der Waals surface area contributed by atoms with E-state index in [1.807, 2.05) is 0 Å². The van der Waals surface area contributed by atoms with Crippen molar-refractivity contribution in [3.63, 3.8) is 0 Å². The monoisotopic (exact) mass is 488 g/mol. The maximum Gasteiger partial charge on any atom is 0.226 e. The quantitative estimate of drug-likeness (QED) is 0.124. The predicted octanol–water partition coefficient (Wildman–Crippen LogP) is -0.307. The molecule has 0 radical (unpaired) electrons. The van der Waals surface area contributed by atoms with Crippen LogP contribution in [-0.2, 0) is 14.4 Å². The molecule has 0 aliphatic rings. The summed E-state index contributed by atoms with van der Waals surface area (Å²) in [4.78, 5) is 38.0. The maximum absolute atomic E-state index is 12.9. The summed E-state index contributed by atoms with van der Waals surface area (Å²) < 4.78 is 4.94. The van der Waals surface area contributed by atoms with Gasteiger partial charge in [-0.1, -0.05) is 24.3 Å². The number of ketones is 3. The van der Waals surface area contributed by atoms with Crippen molar-refractivity contribution < 1.29 is 54.9 Å². The molecule has 11 heteroatoms. The Balaban J connectivity index is 2.46. The van der Waals surface area contributed by atoms with E-state index in [4.69, 9.17) is 4.74 Å². The number of aliphatic hydroxyl groups excluding tert-OH is 2. The molecule has 7 N–H and O–H groups in total. The van der Waals surface area contributed by atoms with Gasteiger partial charge in [-0.15, -0.1) is 0 Å². The van der Waals surface area contributed by atoms with Crippen LogP contribution in [0.25, 0.3) is 12.2 Å². The van der Waals surface area contributed by atoms with Crippen LogP contribution in [0.5, 0.6) is 23.0 Å². The van der Waals surface area contributed by atoms with Crippen molar-refractivity contribution in [2.75, 3.05) is 20.3 Å². The molecule has 2 atom stereocenters. The molecule has 0 aromatic heterocycles. The third-order valence-corrected chi connectivity index (χ3v) is 5.20. The highest BCUT2D eigenvalue weighted by Crippen LogP contribution is 2.30. The number of ether oxygens (including phenoxy) is 1. The summed E-state index contributed by atoms with van der Waals surface area (Å²) in [6, 6.07) is 7.35. The minimum absolute atomic E-state index is 0.0498. The summed E-state index contributed by atoms with van der Waals surface area (Å²) in [5.74, 6) is -5.75. The Hall–Kier alpha value is -4.03. The highest BCUT2D eigenvalue weighted by atomic mass is 16.5. The van der Waals surface area contributed by atoms with Gasteiger partial charge in [0.25, 0.3) is 0 Å². The zero-order valence-electron chi connectivity index (χ0n) is 18.5. The number of hydrogen-bond acceptors (Lipinski definition) is 11. The minimum Gasteiger partial charge on any atom is -0.504 e. The topological polar surface area (TPSA) is 202 Å². The van der Waals surface area contributed by atoms with Crippen LogP contribution in [-0.4, -0.2) is 84.6 Å². The normalized spacial score (nSPS) is 15.0. The SMILES string of the molecule is COc1cc(C=CC(=O)[C@](O)(C(=O)CO)[C@](O)(CO)C(=O)C=Cc2ccc(O)c(O)c2)ccc1O. The van der Waals surface area contributed by atoms with E-state index in [0.717, 1.165) is 24.3 Å². The molecule has 0 spiro atoms. The fourth-order valence-electron chi connectivity index (χ4n) is 3.10. The van der Waals surface area contributed by atoms with Crippen molar-refractivity contribution in [1.82, 2.24) is 0 Å². The minimum atomic E-state index is -3.58. The highest BCUT2D eigenvalue weighted by molar-refractivity contribution is 6.22. The first kappa shape index (κ1) is 27.2. The van der Waals surface area contributed by atoms with Gasteiger partial charge in [0.1, 0.15) is 6.61 Å². The van der Waals surface area contributed by atoms with Crippen LogP contribution in [0.3, 0.4) is 0 Å². The number of methoxy groups -OCH3 is 1. The zero-order chi connectivity index (χ0) is 26.4. The van der Waals surface area contributed by atoms with E-state index in [1.54, 1.807) is 0 Å². The van der Waals surface area contributed by atoms with E-state index in [2.05, 4.69) is 0 Å². The molecule has 35 heavy (non-hydrogen) atoms. The Morgan fingerprint density at radius 1 is 0.829 bits per heavy atom. The Morgan fingerprint density at radius 3 is 1.89 bits per heavy atom. The maximum atomic E-state index is 12.9. The Labute approximate surface area is 199 Å². The number of carbonyl (C=O) groups excluding carboxylic acids is 3. The van der Waals surface area contributed by atoms with Crippen LogP contribution >= 0.6 is 0 Å². The smallest absolute Gasteiger partial charge is 0.226 e. The van der Waals surface area contributed by atoms with Gasteiger partial charge in [-0.05, 0) is 47.5 Å². The van der Waals surface area contributed by atoms with Crippen LogP contribution < -0.4 is 4.74 Å². The number of rotatable bonds is 11. The number of hydrogen-bond donors (Lipinski definition) is 7. The van der Waals surface area contributed by atoms with E-state index >= 15 is 0 Å². The lowest BCUT2D eigenvalue weighted by atomic mass is 9.73. The van der Waals surface area contributed by atoms with E-state index in [9.17, 15) is 50.1 Å². The van der Waals surface area contributed by atoms with Crippen molar-refractivity contribution in [3.05, 3.63) is 59.7 Å². The van der Waals surface area contributed by atoms with Crippen molar-refractivity contribution in [2.24, 2.45) is 0 Å². The lowest BCUT2D eigenvalue weighted by molar-refractivity contribution is -0.190. The third-order valence-electron chi connectivity index (χ3n) is 5.20. The molecule has 2 aromatic carbocycles. The van der Waals surface area contributed by atoms with Crippen molar-refractivity contribution in [2.45, 2.75) is 11.2 Å². The van der Waals surface area contributed by atoms with E-state index in [0.29, 0.717) is 12.2 Å².